The van der Waals surface area contributed by atoms with Crippen molar-refractivity contribution in [1.82, 2.24) is 26.6 Å². The normalized spacial score (nSPS) is 16.1. The zero-order chi connectivity index (χ0) is 37.5. The molecule has 14 heteroatoms. The summed E-state index contributed by atoms with van der Waals surface area (Å²) in [5.74, 6) is -4.25. The average molecular weight is 686 g/mol. The zero-order valence-electron chi connectivity index (χ0n) is 30.8. The van der Waals surface area contributed by atoms with Gasteiger partial charge in [-0.15, -0.1) is 0 Å². The van der Waals surface area contributed by atoms with Crippen LogP contribution in [0.2, 0.25) is 0 Å². The third kappa shape index (κ3) is 17.8. The van der Waals surface area contributed by atoms with E-state index in [9.17, 15) is 39.0 Å². The average Bonchev–Trinajstić information content (AvgIpc) is 2.91. The molecular formula is C34H63N5O9. The molecule has 14 nitrogen and oxygen atoms in total. The molecular weight excluding hydrogens is 622 g/mol. The number of hydrogen-bond acceptors (Lipinski definition) is 8. The van der Waals surface area contributed by atoms with Crippen LogP contribution in [0.4, 0.5) is 0 Å². The number of amides is 5. The molecule has 48 heavy (non-hydrogen) atoms. The lowest BCUT2D eigenvalue weighted by Crippen LogP contribution is -2.59. The molecule has 0 spiro atoms. The highest BCUT2D eigenvalue weighted by Gasteiger charge is 2.34. The fourth-order valence-corrected chi connectivity index (χ4v) is 5.16. The summed E-state index contributed by atoms with van der Waals surface area (Å²) in [5.41, 5.74) is 0. The lowest BCUT2D eigenvalue weighted by atomic mass is 9.95. The number of nitrogens with one attached hydrogen (secondary N) is 5. The standard InChI is InChI=1S/C34H63N5O9/c1-17(2)12-23(37-33(47)31(21(9)10)39-34(48)30(20(7)8)38-27(42)14-19(5)6)25(40)15-28(43)35-22(11)32(46)36-24(13-18(3)4)26(41)16-29(44)45/h17-26,30-31,40-41H,12-16H2,1-11H3,(H,35,43)(H,36,46)(H,37,47)(H,38,42)(H,39,48)(H,44,45)/t22-,23-,24+,25-,26-,30+,31-/m0/s1. The topological polar surface area (TPSA) is 223 Å². The van der Waals surface area contributed by atoms with E-state index in [4.69, 9.17) is 5.11 Å². The molecule has 0 radical (unpaired) electrons. The first-order valence-corrected chi connectivity index (χ1v) is 17.1. The molecule has 0 bridgehead atoms. The van der Waals surface area contributed by atoms with Crippen molar-refractivity contribution in [1.29, 1.82) is 0 Å². The maximum absolute atomic E-state index is 13.5. The van der Waals surface area contributed by atoms with Gasteiger partial charge in [-0.25, -0.2) is 0 Å². The predicted octanol–water partition coefficient (Wildman–Crippen LogP) is 1.47. The Labute approximate surface area is 286 Å². The van der Waals surface area contributed by atoms with Crippen LogP contribution in [0.3, 0.4) is 0 Å². The first kappa shape index (κ1) is 44.7. The largest absolute Gasteiger partial charge is 0.481 e. The van der Waals surface area contributed by atoms with Gasteiger partial charge in [0.15, 0.2) is 0 Å². The van der Waals surface area contributed by atoms with Crippen molar-refractivity contribution < 1.29 is 44.1 Å². The van der Waals surface area contributed by atoms with Crippen LogP contribution in [-0.4, -0.2) is 93.2 Å². The molecule has 0 unspecified atom stereocenters. The Morgan fingerprint density at radius 3 is 1.29 bits per heavy atom. The lowest BCUT2D eigenvalue weighted by molar-refractivity contribution is -0.140. The van der Waals surface area contributed by atoms with Crippen LogP contribution in [0.1, 0.15) is 108 Å². The lowest BCUT2D eigenvalue weighted by Gasteiger charge is -2.31. The maximum atomic E-state index is 13.5. The van der Waals surface area contributed by atoms with Crippen LogP contribution in [-0.2, 0) is 28.8 Å². The number of carbonyl (C=O) groups excluding carboxylic acids is 5. The van der Waals surface area contributed by atoms with Crippen molar-refractivity contribution in [3.63, 3.8) is 0 Å². The molecule has 0 saturated carbocycles. The first-order chi connectivity index (χ1) is 22.0. The number of rotatable bonds is 22. The van der Waals surface area contributed by atoms with E-state index in [0.717, 1.165) is 0 Å². The second-order valence-electron chi connectivity index (χ2n) is 14.8. The van der Waals surface area contributed by atoms with E-state index in [1.165, 1.54) is 6.92 Å². The summed E-state index contributed by atoms with van der Waals surface area (Å²) in [6.45, 7) is 19.8. The van der Waals surface area contributed by atoms with Gasteiger partial charge in [0.25, 0.3) is 0 Å². The molecule has 0 aliphatic heterocycles. The number of hydrogen-bond donors (Lipinski definition) is 8. The Balaban J connectivity index is 5.60. The van der Waals surface area contributed by atoms with Crippen LogP contribution in [0.5, 0.6) is 0 Å². The third-order valence-corrected chi connectivity index (χ3v) is 7.69. The van der Waals surface area contributed by atoms with Gasteiger partial charge < -0.3 is 41.9 Å². The van der Waals surface area contributed by atoms with E-state index in [0.29, 0.717) is 12.8 Å². The van der Waals surface area contributed by atoms with E-state index in [1.54, 1.807) is 27.7 Å². The summed E-state index contributed by atoms with van der Waals surface area (Å²) in [6.07, 6.45) is -2.76. The van der Waals surface area contributed by atoms with E-state index >= 15 is 0 Å². The molecule has 0 aliphatic rings. The van der Waals surface area contributed by atoms with E-state index in [-0.39, 0.29) is 41.9 Å². The summed E-state index contributed by atoms with van der Waals surface area (Å²) in [5, 5.41) is 43.9. The van der Waals surface area contributed by atoms with Gasteiger partial charge in [0.1, 0.15) is 18.1 Å². The van der Waals surface area contributed by atoms with E-state index in [1.807, 2.05) is 41.5 Å². The maximum Gasteiger partial charge on any atom is 0.306 e. The third-order valence-electron chi connectivity index (χ3n) is 7.69. The summed E-state index contributed by atoms with van der Waals surface area (Å²) < 4.78 is 0. The van der Waals surface area contributed by atoms with E-state index in [2.05, 4.69) is 26.6 Å². The number of carbonyl (C=O) groups is 6. The van der Waals surface area contributed by atoms with Gasteiger partial charge in [-0.2, -0.15) is 0 Å². The van der Waals surface area contributed by atoms with Crippen LogP contribution >= 0.6 is 0 Å². The van der Waals surface area contributed by atoms with Crippen LogP contribution in [0.25, 0.3) is 0 Å². The van der Waals surface area contributed by atoms with Crippen molar-refractivity contribution in [2.45, 2.75) is 151 Å². The summed E-state index contributed by atoms with van der Waals surface area (Å²) in [4.78, 5) is 75.9. The number of carboxylic acids is 1. The SMILES string of the molecule is CC(C)CC(=O)N[C@@H](C(=O)N[C@H](C(=O)N[C@@H](CC(C)C)[C@@H](O)CC(=O)N[C@@H](C)C(=O)N[C@H](CC(C)C)[C@@H](O)CC(=O)O)C(C)C)C(C)C. The minimum absolute atomic E-state index is 0.0152. The Morgan fingerprint density at radius 2 is 0.875 bits per heavy atom. The molecule has 278 valence electrons. The molecule has 0 aliphatic carbocycles. The highest BCUT2D eigenvalue weighted by molar-refractivity contribution is 5.92. The molecule has 0 heterocycles. The van der Waals surface area contributed by atoms with Gasteiger partial charge >= 0.3 is 5.97 Å². The number of aliphatic carboxylic acids is 1. The smallest absolute Gasteiger partial charge is 0.306 e. The highest BCUT2D eigenvalue weighted by Crippen LogP contribution is 2.15. The van der Waals surface area contributed by atoms with Crippen LogP contribution in [0, 0.1) is 29.6 Å². The number of carboxylic acid groups (broad SMARTS) is 1. The van der Waals surface area contributed by atoms with Gasteiger partial charge in [0.05, 0.1) is 37.1 Å². The monoisotopic (exact) mass is 685 g/mol. The molecule has 0 aromatic rings. The predicted molar refractivity (Wildman–Crippen MR) is 182 cm³/mol. The molecule has 0 aromatic heterocycles. The second-order valence-corrected chi connectivity index (χ2v) is 14.8. The molecule has 8 N–H and O–H groups in total. The van der Waals surface area contributed by atoms with Crippen molar-refractivity contribution in [2.24, 2.45) is 29.6 Å². The van der Waals surface area contributed by atoms with Gasteiger partial charge in [-0.3, -0.25) is 28.8 Å². The Bertz CT molecular complexity index is 1060. The molecule has 0 saturated heterocycles. The first-order valence-electron chi connectivity index (χ1n) is 17.1. The van der Waals surface area contributed by atoms with Crippen molar-refractivity contribution in [2.75, 3.05) is 0 Å². The van der Waals surface area contributed by atoms with Crippen LogP contribution < -0.4 is 26.6 Å². The van der Waals surface area contributed by atoms with Crippen molar-refractivity contribution >= 4 is 35.5 Å². The molecule has 0 fully saturated rings. The second kappa shape index (κ2) is 21.7. The fraction of sp³-hybridized carbons (Fsp3) is 0.824. The van der Waals surface area contributed by atoms with Gasteiger partial charge in [-0.1, -0.05) is 69.2 Å². The minimum Gasteiger partial charge on any atom is -0.481 e. The quantitative estimate of drug-likeness (QED) is 0.0825. The number of aliphatic hydroxyl groups excluding tert-OH is 2. The summed E-state index contributed by atoms with van der Waals surface area (Å²) in [7, 11) is 0. The Morgan fingerprint density at radius 1 is 0.479 bits per heavy atom. The zero-order valence-corrected chi connectivity index (χ0v) is 30.8. The molecule has 0 rings (SSSR count). The minimum atomic E-state index is -1.33. The summed E-state index contributed by atoms with van der Waals surface area (Å²) >= 11 is 0. The Kier molecular flexibility index (Phi) is 20.2. The highest BCUT2D eigenvalue weighted by atomic mass is 16.4. The fourth-order valence-electron chi connectivity index (χ4n) is 5.16. The van der Waals surface area contributed by atoms with Gasteiger partial charge in [-0.05, 0) is 49.4 Å². The van der Waals surface area contributed by atoms with E-state index < -0.39 is 84.9 Å². The van der Waals surface area contributed by atoms with Gasteiger partial charge in [0, 0.05) is 6.42 Å². The van der Waals surface area contributed by atoms with Crippen molar-refractivity contribution in [3.8, 4) is 0 Å². The van der Waals surface area contributed by atoms with Crippen LogP contribution in [0.15, 0.2) is 0 Å². The number of aliphatic hydroxyl groups is 2. The molecule has 0 aromatic carbocycles. The van der Waals surface area contributed by atoms with Crippen molar-refractivity contribution in [3.05, 3.63) is 0 Å². The summed E-state index contributed by atoms with van der Waals surface area (Å²) in [6, 6.07) is -4.61. The Hall–Kier alpha value is -3.26. The molecule has 5 amide bonds. The molecule has 7 atom stereocenters. The van der Waals surface area contributed by atoms with Gasteiger partial charge in [0.2, 0.25) is 29.5 Å².